The van der Waals surface area contributed by atoms with Crippen LogP contribution >= 0.6 is 0 Å². The molecule has 0 radical (unpaired) electrons. The quantitative estimate of drug-likeness (QED) is 0.424. The Balaban J connectivity index is 1.72. The van der Waals surface area contributed by atoms with Gasteiger partial charge in [0.2, 0.25) is 0 Å². The highest BCUT2D eigenvalue weighted by Crippen LogP contribution is 2.44. The van der Waals surface area contributed by atoms with Gasteiger partial charge >= 0.3 is 5.97 Å². The van der Waals surface area contributed by atoms with Crippen LogP contribution in [-0.2, 0) is 9.53 Å². The molecule has 194 valence electrons. The molecule has 0 fully saturated rings. The molecule has 0 aliphatic heterocycles. The Morgan fingerprint density at radius 1 is 1.17 bits per heavy atom. The van der Waals surface area contributed by atoms with Crippen LogP contribution < -0.4 is 4.74 Å². The average molecular weight is 487 g/mol. The number of para-hydroxylation sites is 1. The Morgan fingerprint density at radius 2 is 1.86 bits per heavy atom. The highest BCUT2D eigenvalue weighted by atomic mass is 16.6. The number of fused-ring (bicyclic) bond motifs is 1. The Bertz CT molecular complexity index is 901. The zero-order valence-corrected chi connectivity index (χ0v) is 21.7. The van der Waals surface area contributed by atoms with Gasteiger partial charge in [-0.25, -0.2) is 4.79 Å². The Morgan fingerprint density at radius 3 is 2.51 bits per heavy atom. The third-order valence-corrected chi connectivity index (χ3v) is 7.52. The fourth-order valence-electron chi connectivity index (χ4n) is 5.43. The van der Waals surface area contributed by atoms with Crippen molar-refractivity contribution in [3.63, 3.8) is 0 Å². The zero-order chi connectivity index (χ0) is 25.7. The molecule has 2 aliphatic rings. The van der Waals surface area contributed by atoms with Crippen LogP contribution in [0.15, 0.2) is 42.0 Å². The summed E-state index contributed by atoms with van der Waals surface area (Å²) in [5.74, 6) is 0.577. The van der Waals surface area contributed by atoms with Crippen LogP contribution in [0.3, 0.4) is 0 Å². The lowest BCUT2D eigenvalue weighted by atomic mass is 9.66. The lowest BCUT2D eigenvalue weighted by Gasteiger charge is -2.43. The standard InChI is InChI=1S/C29H42O6/c1-6-22(30)15-23(31)12-13-25-17(2)10-11-21-14-24(32)16-26(27(21)25)35-29(33)20(5)34-28-18(3)8-7-9-19(28)4/h7-11,14,17,20,22-27,30-32H,6,12-13,15-16H2,1-5H3/t17-,20?,22+,23+,24+,25-,26-,27-/m0/s1. The molecule has 6 nitrogen and oxygen atoms in total. The normalized spacial score (nSPS) is 28.5. The number of rotatable bonds is 10. The highest BCUT2D eigenvalue weighted by molar-refractivity contribution is 5.75. The van der Waals surface area contributed by atoms with Crippen molar-refractivity contribution in [2.45, 2.75) is 97.2 Å². The summed E-state index contributed by atoms with van der Waals surface area (Å²) in [6.45, 7) is 9.63. The van der Waals surface area contributed by atoms with Crippen molar-refractivity contribution in [2.75, 3.05) is 0 Å². The molecule has 35 heavy (non-hydrogen) atoms. The first-order chi connectivity index (χ1) is 16.6. The van der Waals surface area contributed by atoms with E-state index in [2.05, 4.69) is 13.0 Å². The van der Waals surface area contributed by atoms with Crippen molar-refractivity contribution < 1.29 is 29.6 Å². The van der Waals surface area contributed by atoms with Crippen molar-refractivity contribution in [1.82, 2.24) is 0 Å². The summed E-state index contributed by atoms with van der Waals surface area (Å²) in [6, 6.07) is 5.85. The van der Waals surface area contributed by atoms with E-state index in [1.807, 2.05) is 51.1 Å². The second-order valence-corrected chi connectivity index (χ2v) is 10.4. The minimum Gasteiger partial charge on any atom is -0.478 e. The molecule has 0 saturated carbocycles. The highest BCUT2D eigenvalue weighted by Gasteiger charge is 2.42. The summed E-state index contributed by atoms with van der Waals surface area (Å²) < 4.78 is 12.0. The van der Waals surface area contributed by atoms with Gasteiger partial charge in [-0.1, -0.05) is 50.3 Å². The second-order valence-electron chi connectivity index (χ2n) is 10.4. The molecule has 1 aromatic rings. The maximum absolute atomic E-state index is 13.1. The first-order valence-electron chi connectivity index (χ1n) is 13.0. The largest absolute Gasteiger partial charge is 0.478 e. The lowest BCUT2D eigenvalue weighted by molar-refractivity contribution is -0.162. The van der Waals surface area contributed by atoms with Gasteiger partial charge < -0.3 is 24.8 Å². The van der Waals surface area contributed by atoms with E-state index in [1.165, 1.54) is 0 Å². The molecule has 0 aromatic heterocycles. The molecule has 0 saturated heterocycles. The maximum atomic E-state index is 13.1. The summed E-state index contributed by atoms with van der Waals surface area (Å²) in [4.78, 5) is 13.1. The van der Waals surface area contributed by atoms with Gasteiger partial charge in [-0.2, -0.15) is 0 Å². The number of aliphatic hydroxyl groups excluding tert-OH is 3. The van der Waals surface area contributed by atoms with Crippen molar-refractivity contribution in [3.8, 4) is 5.75 Å². The van der Waals surface area contributed by atoms with Crippen LogP contribution in [0.25, 0.3) is 0 Å². The number of hydrogen-bond acceptors (Lipinski definition) is 6. The van der Waals surface area contributed by atoms with Gasteiger partial charge in [0.05, 0.1) is 18.3 Å². The van der Waals surface area contributed by atoms with Gasteiger partial charge in [0.15, 0.2) is 6.10 Å². The Kier molecular flexibility index (Phi) is 9.56. The second kappa shape index (κ2) is 12.2. The fourth-order valence-corrected chi connectivity index (χ4v) is 5.43. The van der Waals surface area contributed by atoms with Gasteiger partial charge in [-0.05, 0) is 75.0 Å². The zero-order valence-electron chi connectivity index (χ0n) is 21.7. The molecule has 0 bridgehead atoms. The number of aryl methyl sites for hydroxylation is 2. The van der Waals surface area contributed by atoms with Crippen LogP contribution in [0.2, 0.25) is 0 Å². The van der Waals surface area contributed by atoms with Crippen molar-refractivity contribution >= 4 is 5.97 Å². The van der Waals surface area contributed by atoms with Crippen molar-refractivity contribution in [2.24, 2.45) is 17.8 Å². The first kappa shape index (κ1) is 27.4. The molecule has 0 amide bonds. The summed E-state index contributed by atoms with van der Waals surface area (Å²) in [6.07, 6.45) is 5.64. The molecule has 3 N–H and O–H groups in total. The number of allylic oxidation sites excluding steroid dienone is 2. The van der Waals surface area contributed by atoms with Gasteiger partial charge in [-0.15, -0.1) is 0 Å². The molecular weight excluding hydrogens is 444 g/mol. The first-order valence-corrected chi connectivity index (χ1v) is 13.0. The number of benzene rings is 1. The van der Waals surface area contributed by atoms with Gasteiger partial charge in [-0.3, -0.25) is 0 Å². The third-order valence-electron chi connectivity index (χ3n) is 7.52. The molecule has 6 heteroatoms. The summed E-state index contributed by atoms with van der Waals surface area (Å²) in [5.41, 5.74) is 2.90. The van der Waals surface area contributed by atoms with Crippen molar-refractivity contribution in [1.29, 1.82) is 0 Å². The molecule has 3 rings (SSSR count). The summed E-state index contributed by atoms with van der Waals surface area (Å²) in [5, 5.41) is 30.8. The van der Waals surface area contributed by atoms with Crippen LogP contribution in [0, 0.1) is 31.6 Å². The van der Waals surface area contributed by atoms with Crippen LogP contribution in [0.4, 0.5) is 0 Å². The van der Waals surface area contributed by atoms with E-state index in [0.717, 1.165) is 23.1 Å². The molecule has 8 atom stereocenters. The third kappa shape index (κ3) is 6.96. The SMILES string of the molecule is CC[C@@H](O)C[C@H](O)CC[C@@H]1[C@@H]2C(=C[C@@H](O)C[C@@H]2OC(=O)C(C)Oc2c(C)cccc2C)C=C[C@@H]1C. The molecule has 1 aromatic carbocycles. The minimum atomic E-state index is -0.784. The number of aliphatic hydroxyl groups is 3. The van der Waals surface area contributed by atoms with E-state index in [-0.39, 0.29) is 17.8 Å². The van der Waals surface area contributed by atoms with E-state index in [0.29, 0.717) is 31.4 Å². The number of esters is 1. The molecule has 1 unspecified atom stereocenters. The predicted octanol–water partition coefficient (Wildman–Crippen LogP) is 4.41. The Labute approximate surface area is 209 Å². The smallest absolute Gasteiger partial charge is 0.347 e. The minimum absolute atomic E-state index is 0.0574. The predicted molar refractivity (Wildman–Crippen MR) is 136 cm³/mol. The van der Waals surface area contributed by atoms with E-state index in [9.17, 15) is 20.1 Å². The number of carbonyl (C=O) groups is 1. The van der Waals surface area contributed by atoms with Gasteiger partial charge in [0.25, 0.3) is 0 Å². The topological polar surface area (TPSA) is 96.2 Å². The van der Waals surface area contributed by atoms with E-state index in [4.69, 9.17) is 9.47 Å². The summed E-state index contributed by atoms with van der Waals surface area (Å²) >= 11 is 0. The van der Waals surface area contributed by atoms with E-state index < -0.39 is 36.5 Å². The molecular formula is C29H42O6. The lowest BCUT2D eigenvalue weighted by Crippen LogP contribution is -2.44. The Hall–Kier alpha value is -2.15. The monoisotopic (exact) mass is 486 g/mol. The van der Waals surface area contributed by atoms with E-state index >= 15 is 0 Å². The van der Waals surface area contributed by atoms with Crippen LogP contribution in [0.1, 0.15) is 64.0 Å². The van der Waals surface area contributed by atoms with Gasteiger partial charge in [0, 0.05) is 12.3 Å². The molecule has 0 heterocycles. The number of carbonyl (C=O) groups excluding carboxylic acids is 1. The molecule has 2 aliphatic carbocycles. The summed E-state index contributed by atoms with van der Waals surface area (Å²) in [7, 11) is 0. The van der Waals surface area contributed by atoms with Crippen LogP contribution in [-0.4, -0.2) is 51.8 Å². The number of ether oxygens (including phenoxy) is 2. The number of hydrogen-bond donors (Lipinski definition) is 3. The van der Waals surface area contributed by atoms with Crippen LogP contribution in [0.5, 0.6) is 5.75 Å². The van der Waals surface area contributed by atoms with E-state index in [1.54, 1.807) is 6.92 Å². The molecule has 0 spiro atoms. The average Bonchev–Trinajstić information content (AvgIpc) is 2.80. The fraction of sp³-hybridized carbons (Fsp3) is 0.621. The maximum Gasteiger partial charge on any atom is 0.347 e. The van der Waals surface area contributed by atoms with Crippen molar-refractivity contribution in [3.05, 3.63) is 53.1 Å². The van der Waals surface area contributed by atoms with Gasteiger partial charge in [0.1, 0.15) is 11.9 Å².